The number of ether oxygens (including phenoxy) is 2. The summed E-state index contributed by atoms with van der Waals surface area (Å²) in [6.45, 7) is 5.01. The molecule has 3 rings (SSSR count). The van der Waals surface area contributed by atoms with Crippen molar-refractivity contribution in [3.63, 3.8) is 0 Å². The van der Waals surface area contributed by atoms with Gasteiger partial charge in [-0.05, 0) is 36.7 Å². The average Bonchev–Trinajstić information content (AvgIpc) is 3.16. The number of hydrogen-bond acceptors (Lipinski definition) is 6. The van der Waals surface area contributed by atoms with Crippen molar-refractivity contribution < 1.29 is 14.0 Å². The number of aromatic nitrogens is 2. The van der Waals surface area contributed by atoms with Gasteiger partial charge in [-0.1, -0.05) is 49.3 Å². The predicted molar refractivity (Wildman–Crippen MR) is 108 cm³/mol. The number of rotatable bonds is 8. The Morgan fingerprint density at radius 3 is 2.36 bits per heavy atom. The van der Waals surface area contributed by atoms with E-state index in [4.69, 9.17) is 14.0 Å². The van der Waals surface area contributed by atoms with Gasteiger partial charge in [-0.15, -0.1) is 0 Å². The summed E-state index contributed by atoms with van der Waals surface area (Å²) in [4.78, 5) is 6.81. The Morgan fingerprint density at radius 2 is 1.71 bits per heavy atom. The van der Waals surface area contributed by atoms with E-state index in [-0.39, 0.29) is 6.04 Å². The zero-order valence-electron chi connectivity index (χ0n) is 17.0. The van der Waals surface area contributed by atoms with Crippen molar-refractivity contribution >= 4 is 0 Å². The molecule has 148 valence electrons. The van der Waals surface area contributed by atoms with Crippen LogP contribution < -0.4 is 9.47 Å². The Hall–Kier alpha value is -2.86. The van der Waals surface area contributed by atoms with Crippen molar-refractivity contribution in [2.24, 2.45) is 5.92 Å². The van der Waals surface area contributed by atoms with E-state index in [0.717, 1.165) is 5.56 Å². The highest BCUT2D eigenvalue weighted by Gasteiger charge is 2.23. The van der Waals surface area contributed by atoms with E-state index in [1.807, 2.05) is 24.3 Å². The van der Waals surface area contributed by atoms with Crippen LogP contribution in [0.15, 0.2) is 53.1 Å². The Bertz CT molecular complexity index is 893. The quantitative estimate of drug-likeness (QED) is 0.569. The summed E-state index contributed by atoms with van der Waals surface area (Å²) in [5, 5.41) is 4.14. The first-order valence-electron chi connectivity index (χ1n) is 9.33. The molecule has 1 aromatic heterocycles. The first-order chi connectivity index (χ1) is 13.5. The topological polar surface area (TPSA) is 60.6 Å². The Labute approximate surface area is 166 Å². The summed E-state index contributed by atoms with van der Waals surface area (Å²) in [6.07, 6.45) is 0. The van der Waals surface area contributed by atoms with Gasteiger partial charge in [0.05, 0.1) is 20.8 Å². The molecule has 6 heteroatoms. The minimum Gasteiger partial charge on any atom is -0.493 e. The first kappa shape index (κ1) is 19.9. The van der Waals surface area contributed by atoms with Gasteiger partial charge >= 0.3 is 0 Å². The molecule has 0 bridgehead atoms. The van der Waals surface area contributed by atoms with Gasteiger partial charge in [0.2, 0.25) is 11.7 Å². The van der Waals surface area contributed by atoms with Gasteiger partial charge in [0.15, 0.2) is 11.5 Å². The molecule has 0 aliphatic carbocycles. The highest BCUT2D eigenvalue weighted by Crippen LogP contribution is 2.32. The molecule has 28 heavy (non-hydrogen) atoms. The van der Waals surface area contributed by atoms with Crippen LogP contribution in [0.25, 0.3) is 11.4 Å². The van der Waals surface area contributed by atoms with Gasteiger partial charge in [0.1, 0.15) is 0 Å². The fraction of sp³-hybridized carbons (Fsp3) is 0.364. The van der Waals surface area contributed by atoms with Crippen LogP contribution >= 0.6 is 0 Å². The van der Waals surface area contributed by atoms with Gasteiger partial charge in [0.25, 0.3) is 0 Å². The molecule has 1 heterocycles. The molecule has 0 aliphatic heterocycles. The molecule has 0 radical (unpaired) electrons. The van der Waals surface area contributed by atoms with E-state index in [9.17, 15) is 0 Å². The Balaban J connectivity index is 1.78. The zero-order valence-corrected chi connectivity index (χ0v) is 17.0. The van der Waals surface area contributed by atoms with Crippen molar-refractivity contribution in [3.8, 4) is 22.9 Å². The minimum atomic E-state index is 0.262. The fourth-order valence-corrected chi connectivity index (χ4v) is 3.52. The second-order valence-electron chi connectivity index (χ2n) is 7.10. The molecule has 0 N–H and O–H groups in total. The average molecular weight is 381 g/mol. The molecule has 0 amide bonds. The van der Waals surface area contributed by atoms with Crippen molar-refractivity contribution in [1.82, 2.24) is 15.0 Å². The number of nitrogens with zero attached hydrogens (tertiary/aromatic N) is 3. The van der Waals surface area contributed by atoms with Crippen LogP contribution in [-0.4, -0.2) is 36.3 Å². The van der Waals surface area contributed by atoms with Crippen LogP contribution in [0.4, 0.5) is 0 Å². The van der Waals surface area contributed by atoms with Crippen molar-refractivity contribution in [3.05, 3.63) is 60.0 Å². The third-order valence-corrected chi connectivity index (χ3v) is 4.74. The smallest absolute Gasteiger partial charge is 0.241 e. The maximum Gasteiger partial charge on any atom is 0.241 e. The Kier molecular flexibility index (Phi) is 6.31. The lowest BCUT2D eigenvalue weighted by molar-refractivity contribution is 0.165. The summed E-state index contributed by atoms with van der Waals surface area (Å²) in [5.41, 5.74) is 2.10. The van der Waals surface area contributed by atoms with Crippen LogP contribution in [0, 0.1) is 5.92 Å². The highest BCUT2D eigenvalue weighted by molar-refractivity contribution is 5.60. The number of benzene rings is 2. The van der Waals surface area contributed by atoms with E-state index in [0.29, 0.717) is 35.7 Å². The third kappa shape index (κ3) is 4.34. The second kappa shape index (κ2) is 8.89. The third-order valence-electron chi connectivity index (χ3n) is 4.74. The van der Waals surface area contributed by atoms with Crippen LogP contribution in [0.1, 0.15) is 31.3 Å². The van der Waals surface area contributed by atoms with Gasteiger partial charge < -0.3 is 14.0 Å². The summed E-state index contributed by atoms with van der Waals surface area (Å²) >= 11 is 0. The van der Waals surface area contributed by atoms with Crippen molar-refractivity contribution in [2.45, 2.75) is 26.4 Å². The molecule has 2 aromatic carbocycles. The van der Waals surface area contributed by atoms with E-state index in [1.54, 1.807) is 14.2 Å². The van der Waals surface area contributed by atoms with Crippen LogP contribution in [0.3, 0.4) is 0 Å². The lowest BCUT2D eigenvalue weighted by Gasteiger charge is -2.30. The first-order valence-corrected chi connectivity index (χ1v) is 9.33. The molecule has 0 saturated carbocycles. The van der Waals surface area contributed by atoms with E-state index in [1.165, 1.54) is 5.56 Å². The minimum absolute atomic E-state index is 0.262. The van der Waals surface area contributed by atoms with E-state index >= 15 is 0 Å². The van der Waals surface area contributed by atoms with Gasteiger partial charge in [-0.25, -0.2) is 0 Å². The molecule has 1 atom stereocenters. The van der Waals surface area contributed by atoms with Crippen LogP contribution in [0.5, 0.6) is 11.5 Å². The van der Waals surface area contributed by atoms with Gasteiger partial charge in [0, 0.05) is 11.6 Å². The van der Waals surface area contributed by atoms with Crippen LogP contribution in [-0.2, 0) is 6.54 Å². The normalized spacial score (nSPS) is 12.4. The van der Waals surface area contributed by atoms with E-state index in [2.05, 4.69) is 60.2 Å². The van der Waals surface area contributed by atoms with Gasteiger partial charge in [-0.2, -0.15) is 4.98 Å². The lowest BCUT2D eigenvalue weighted by Crippen LogP contribution is -2.28. The predicted octanol–water partition coefficient (Wildman–Crippen LogP) is 4.58. The molecule has 0 aliphatic rings. The molecule has 0 saturated heterocycles. The summed E-state index contributed by atoms with van der Waals surface area (Å²) in [5.74, 6) is 2.85. The largest absolute Gasteiger partial charge is 0.493 e. The Morgan fingerprint density at radius 1 is 1.00 bits per heavy atom. The highest BCUT2D eigenvalue weighted by atomic mass is 16.5. The van der Waals surface area contributed by atoms with Gasteiger partial charge in [-0.3, -0.25) is 4.90 Å². The molecule has 0 fully saturated rings. The molecular formula is C22H27N3O3. The maximum atomic E-state index is 5.51. The maximum absolute atomic E-state index is 5.51. The summed E-state index contributed by atoms with van der Waals surface area (Å²) in [7, 11) is 5.30. The molecule has 3 aromatic rings. The second-order valence-corrected chi connectivity index (χ2v) is 7.10. The number of methoxy groups -OCH3 is 2. The standard InChI is InChI=1S/C22H27N3O3/c1-15(2)21(16-9-7-6-8-10-16)25(3)14-20-23-22(24-28-20)17-11-12-18(26-4)19(13-17)27-5/h6-13,15,21H,14H2,1-5H3. The summed E-state index contributed by atoms with van der Waals surface area (Å²) < 4.78 is 16.1. The molecular weight excluding hydrogens is 354 g/mol. The van der Waals surface area contributed by atoms with Crippen molar-refractivity contribution in [2.75, 3.05) is 21.3 Å². The summed E-state index contributed by atoms with van der Waals surface area (Å²) in [6, 6.07) is 16.3. The SMILES string of the molecule is COc1ccc(-c2noc(CN(C)C(c3ccccc3)C(C)C)n2)cc1OC. The van der Waals surface area contributed by atoms with Crippen LogP contribution in [0.2, 0.25) is 0 Å². The molecule has 6 nitrogen and oxygen atoms in total. The monoisotopic (exact) mass is 381 g/mol. The molecule has 0 spiro atoms. The molecule has 1 unspecified atom stereocenters. The zero-order chi connectivity index (χ0) is 20.1. The van der Waals surface area contributed by atoms with E-state index < -0.39 is 0 Å². The number of hydrogen-bond donors (Lipinski definition) is 0. The fourth-order valence-electron chi connectivity index (χ4n) is 3.52. The van der Waals surface area contributed by atoms with Crippen molar-refractivity contribution in [1.29, 1.82) is 0 Å². The lowest BCUT2D eigenvalue weighted by atomic mass is 9.95.